The molecule has 0 unspecified atom stereocenters. The van der Waals surface area contributed by atoms with E-state index in [-0.39, 0.29) is 5.15 Å². The van der Waals surface area contributed by atoms with Crippen LogP contribution in [0.25, 0.3) is 0 Å². The summed E-state index contributed by atoms with van der Waals surface area (Å²) in [5, 5.41) is 11.7. The van der Waals surface area contributed by atoms with Crippen molar-refractivity contribution >= 4 is 23.5 Å². The van der Waals surface area contributed by atoms with Crippen LogP contribution in [0.4, 0.5) is 0 Å². The van der Waals surface area contributed by atoms with Gasteiger partial charge in [-0.3, -0.25) is 4.79 Å². The number of amides is 1. The van der Waals surface area contributed by atoms with Gasteiger partial charge in [0, 0.05) is 11.3 Å². The molecule has 2 N–H and O–H groups in total. The molecule has 0 saturated carbocycles. The second kappa shape index (κ2) is 7.09. The van der Waals surface area contributed by atoms with Gasteiger partial charge in [0.2, 0.25) is 0 Å². The van der Waals surface area contributed by atoms with E-state index >= 15 is 0 Å². The molecule has 0 aliphatic heterocycles. The van der Waals surface area contributed by atoms with Crippen molar-refractivity contribution in [1.29, 1.82) is 0 Å². The van der Waals surface area contributed by atoms with Crippen LogP contribution in [0.15, 0.2) is 12.1 Å². The maximum atomic E-state index is 12.0. The molecule has 1 aromatic rings. The number of carboxylic acids is 1. The molecule has 0 spiro atoms. The molecule has 6 heteroatoms. The first kappa shape index (κ1) is 15.4. The number of nitrogens with zero attached hydrogens (tertiary/aromatic N) is 1. The lowest BCUT2D eigenvalue weighted by molar-refractivity contribution is -0.139. The molecule has 19 heavy (non-hydrogen) atoms. The van der Waals surface area contributed by atoms with E-state index in [1.807, 2.05) is 13.8 Å². The number of aromatic nitrogens is 1. The van der Waals surface area contributed by atoms with Gasteiger partial charge in [-0.05, 0) is 25.0 Å². The standard InChI is InChI=1S/C13H17ClN2O3/c1-3-5-10(13(18)19)16-12(17)8-6-9(4-2)15-11(14)7-8/h6-7,10H,3-5H2,1-2H3,(H,16,17)(H,18,19)/t10-/m0/s1. The molecule has 0 aromatic carbocycles. The highest BCUT2D eigenvalue weighted by molar-refractivity contribution is 6.29. The van der Waals surface area contributed by atoms with Gasteiger partial charge in [0.1, 0.15) is 11.2 Å². The summed E-state index contributed by atoms with van der Waals surface area (Å²) in [5.41, 5.74) is 1.03. The SMILES string of the molecule is CCC[C@H](NC(=O)c1cc(Cl)nc(CC)c1)C(=O)O. The monoisotopic (exact) mass is 284 g/mol. The third-order valence-electron chi connectivity index (χ3n) is 2.65. The van der Waals surface area contributed by atoms with Crippen LogP contribution in [0.2, 0.25) is 5.15 Å². The van der Waals surface area contributed by atoms with Crippen LogP contribution in [-0.4, -0.2) is 28.0 Å². The summed E-state index contributed by atoms with van der Waals surface area (Å²) in [6, 6.07) is 2.17. The number of carboxylic acid groups (broad SMARTS) is 1. The number of hydrogen-bond donors (Lipinski definition) is 2. The Kier molecular flexibility index (Phi) is 5.76. The predicted octanol–water partition coefficient (Wildman–Crippen LogP) is 2.28. The molecular weight excluding hydrogens is 268 g/mol. The number of carbonyl (C=O) groups excluding carboxylic acids is 1. The Morgan fingerprint density at radius 3 is 2.63 bits per heavy atom. The van der Waals surface area contributed by atoms with E-state index in [1.54, 1.807) is 6.07 Å². The predicted molar refractivity (Wildman–Crippen MR) is 72.4 cm³/mol. The van der Waals surface area contributed by atoms with E-state index in [1.165, 1.54) is 6.07 Å². The molecule has 1 atom stereocenters. The van der Waals surface area contributed by atoms with E-state index in [4.69, 9.17) is 16.7 Å². The van der Waals surface area contributed by atoms with E-state index in [0.717, 1.165) is 0 Å². The molecule has 0 aliphatic rings. The Labute approximate surface area is 117 Å². The molecule has 0 aliphatic carbocycles. The number of aliphatic carboxylic acids is 1. The Morgan fingerprint density at radius 2 is 2.11 bits per heavy atom. The highest BCUT2D eigenvalue weighted by Crippen LogP contribution is 2.12. The maximum absolute atomic E-state index is 12.0. The number of carbonyl (C=O) groups is 2. The minimum atomic E-state index is -1.04. The molecule has 1 heterocycles. The molecule has 1 aromatic heterocycles. The zero-order chi connectivity index (χ0) is 14.4. The van der Waals surface area contributed by atoms with Crippen LogP contribution >= 0.6 is 11.6 Å². The van der Waals surface area contributed by atoms with Crippen LogP contribution in [0.3, 0.4) is 0 Å². The van der Waals surface area contributed by atoms with Gasteiger partial charge in [0.05, 0.1) is 0 Å². The lowest BCUT2D eigenvalue weighted by Crippen LogP contribution is -2.40. The molecule has 0 fully saturated rings. The fourth-order valence-corrected chi connectivity index (χ4v) is 1.88. The third kappa shape index (κ3) is 4.52. The van der Waals surface area contributed by atoms with Crippen LogP contribution in [-0.2, 0) is 11.2 Å². The largest absolute Gasteiger partial charge is 0.480 e. The Morgan fingerprint density at radius 1 is 1.42 bits per heavy atom. The molecule has 5 nitrogen and oxygen atoms in total. The second-order valence-electron chi connectivity index (χ2n) is 4.18. The fraction of sp³-hybridized carbons (Fsp3) is 0.462. The molecule has 1 amide bonds. The van der Waals surface area contributed by atoms with Crippen LogP contribution in [0.1, 0.15) is 42.7 Å². The molecule has 1 rings (SSSR count). The summed E-state index contributed by atoms with van der Waals surface area (Å²) in [4.78, 5) is 27.0. The van der Waals surface area contributed by atoms with Crippen molar-refractivity contribution in [1.82, 2.24) is 10.3 Å². The molecular formula is C13H17ClN2O3. The first-order chi connectivity index (χ1) is 8.97. The molecule has 104 valence electrons. The summed E-state index contributed by atoms with van der Waals surface area (Å²) >= 11 is 5.83. The molecule has 0 bridgehead atoms. The van der Waals surface area contributed by atoms with Crippen molar-refractivity contribution in [3.8, 4) is 0 Å². The zero-order valence-corrected chi connectivity index (χ0v) is 11.7. The van der Waals surface area contributed by atoms with E-state index < -0.39 is 17.9 Å². The third-order valence-corrected chi connectivity index (χ3v) is 2.85. The number of hydrogen-bond acceptors (Lipinski definition) is 3. The van der Waals surface area contributed by atoms with Crippen molar-refractivity contribution in [2.45, 2.75) is 39.2 Å². The maximum Gasteiger partial charge on any atom is 0.326 e. The van der Waals surface area contributed by atoms with Gasteiger partial charge in [-0.2, -0.15) is 0 Å². The Hall–Kier alpha value is -1.62. The van der Waals surface area contributed by atoms with Gasteiger partial charge in [0.25, 0.3) is 5.91 Å². The average molecular weight is 285 g/mol. The Bertz CT molecular complexity index is 477. The average Bonchev–Trinajstić information content (AvgIpc) is 2.37. The van der Waals surface area contributed by atoms with Gasteiger partial charge in [-0.25, -0.2) is 9.78 Å². The van der Waals surface area contributed by atoms with Crippen molar-refractivity contribution in [3.63, 3.8) is 0 Å². The van der Waals surface area contributed by atoms with Crippen LogP contribution < -0.4 is 5.32 Å². The van der Waals surface area contributed by atoms with Crippen molar-refractivity contribution < 1.29 is 14.7 Å². The summed E-state index contributed by atoms with van der Waals surface area (Å²) in [5.74, 6) is -1.48. The van der Waals surface area contributed by atoms with Gasteiger partial charge >= 0.3 is 5.97 Å². The van der Waals surface area contributed by atoms with E-state index in [9.17, 15) is 9.59 Å². The quantitative estimate of drug-likeness (QED) is 0.786. The highest BCUT2D eigenvalue weighted by atomic mass is 35.5. The van der Waals surface area contributed by atoms with Gasteiger partial charge in [-0.15, -0.1) is 0 Å². The summed E-state index contributed by atoms with van der Waals surface area (Å²) in [7, 11) is 0. The first-order valence-corrected chi connectivity index (χ1v) is 6.55. The van der Waals surface area contributed by atoms with Gasteiger partial charge in [0.15, 0.2) is 0 Å². The number of pyridine rings is 1. The van der Waals surface area contributed by atoms with Gasteiger partial charge < -0.3 is 10.4 Å². The van der Waals surface area contributed by atoms with Gasteiger partial charge in [-0.1, -0.05) is 31.9 Å². The topological polar surface area (TPSA) is 79.3 Å². The van der Waals surface area contributed by atoms with Crippen molar-refractivity contribution in [3.05, 3.63) is 28.5 Å². The number of nitrogens with one attached hydrogen (secondary N) is 1. The van der Waals surface area contributed by atoms with Crippen LogP contribution in [0, 0.1) is 0 Å². The van der Waals surface area contributed by atoms with Crippen molar-refractivity contribution in [2.24, 2.45) is 0 Å². The fourth-order valence-electron chi connectivity index (χ4n) is 1.65. The lowest BCUT2D eigenvalue weighted by atomic mass is 10.1. The number of rotatable bonds is 6. The van der Waals surface area contributed by atoms with Crippen molar-refractivity contribution in [2.75, 3.05) is 0 Å². The summed E-state index contributed by atoms with van der Waals surface area (Å²) in [6.07, 6.45) is 1.72. The normalized spacial score (nSPS) is 11.9. The smallest absolute Gasteiger partial charge is 0.326 e. The summed E-state index contributed by atoms with van der Waals surface area (Å²) < 4.78 is 0. The number of aryl methyl sites for hydroxylation is 1. The highest BCUT2D eigenvalue weighted by Gasteiger charge is 2.20. The first-order valence-electron chi connectivity index (χ1n) is 6.18. The molecule has 0 radical (unpaired) electrons. The van der Waals surface area contributed by atoms with E-state index in [0.29, 0.717) is 30.5 Å². The minimum absolute atomic E-state index is 0.229. The zero-order valence-electron chi connectivity index (χ0n) is 10.9. The molecule has 0 saturated heterocycles. The van der Waals surface area contributed by atoms with Crippen LogP contribution in [0.5, 0.6) is 0 Å². The summed E-state index contributed by atoms with van der Waals surface area (Å²) in [6.45, 7) is 3.76. The lowest BCUT2D eigenvalue weighted by Gasteiger charge is -2.13. The Balaban J connectivity index is 2.87. The second-order valence-corrected chi connectivity index (χ2v) is 4.56. The minimum Gasteiger partial charge on any atom is -0.480 e. The van der Waals surface area contributed by atoms with E-state index in [2.05, 4.69) is 10.3 Å². The number of halogens is 1.